The minimum absolute atomic E-state index is 0.0237. The minimum Gasteiger partial charge on any atom is -0.427 e. The lowest BCUT2D eigenvalue weighted by Crippen LogP contribution is -2.23. The Kier molecular flexibility index (Phi) is 3.26. The van der Waals surface area contributed by atoms with Gasteiger partial charge in [0.2, 0.25) is 17.7 Å². The third-order valence-electron chi connectivity index (χ3n) is 2.89. The molecule has 8 nitrogen and oxygen atoms in total. The van der Waals surface area contributed by atoms with E-state index in [4.69, 9.17) is 5.73 Å². The summed E-state index contributed by atoms with van der Waals surface area (Å²) in [6.07, 6.45) is 1.40. The zero-order valence-corrected chi connectivity index (χ0v) is 11.6. The molecule has 22 heavy (non-hydrogen) atoms. The fourth-order valence-corrected chi connectivity index (χ4v) is 2.01. The maximum absolute atomic E-state index is 11.2. The summed E-state index contributed by atoms with van der Waals surface area (Å²) in [5.74, 6) is -0.479. The van der Waals surface area contributed by atoms with E-state index in [0.717, 1.165) is 10.3 Å². The van der Waals surface area contributed by atoms with Crippen molar-refractivity contribution in [1.82, 2.24) is 19.7 Å². The first-order valence-electron chi connectivity index (χ1n) is 6.41. The molecule has 0 aliphatic carbocycles. The molecule has 3 rings (SSSR count). The average molecular weight is 296 g/mol. The molecule has 0 unspecified atom stereocenters. The summed E-state index contributed by atoms with van der Waals surface area (Å²) in [5, 5.41) is 10.1. The summed E-state index contributed by atoms with van der Waals surface area (Å²) in [5.41, 5.74) is 7.06. The van der Waals surface area contributed by atoms with Crippen LogP contribution in [0.2, 0.25) is 0 Å². The molecule has 110 valence electrons. The Bertz CT molecular complexity index is 888. The number of rotatable bonds is 1. The summed E-state index contributed by atoms with van der Waals surface area (Å²) in [6, 6.07) is 9.26. The fraction of sp³-hybridized carbons (Fsp3) is 0.0714. The molecule has 0 saturated heterocycles. The van der Waals surface area contributed by atoms with E-state index in [9.17, 15) is 10.0 Å². The predicted molar refractivity (Wildman–Crippen MR) is 77.7 cm³/mol. The normalized spacial score (nSPS) is 11.8. The summed E-state index contributed by atoms with van der Waals surface area (Å²) in [4.78, 5) is 27.2. The molecule has 0 fully saturated rings. The third kappa shape index (κ3) is 2.49. The first kappa shape index (κ1) is 13.7. The predicted octanol–water partition coefficient (Wildman–Crippen LogP) is 0.712. The summed E-state index contributed by atoms with van der Waals surface area (Å²) in [6.45, 7) is 1.29. The summed E-state index contributed by atoms with van der Waals surface area (Å²) in [7, 11) is 0. The van der Waals surface area contributed by atoms with Crippen LogP contribution in [0.25, 0.3) is 22.8 Å². The number of aromatic nitrogens is 4. The van der Waals surface area contributed by atoms with Crippen molar-refractivity contribution in [2.24, 2.45) is 4.99 Å². The highest BCUT2D eigenvalue weighted by Gasteiger charge is 2.17. The molecule has 2 aliphatic rings. The zero-order chi connectivity index (χ0) is 15.7. The number of hydrogen-bond acceptors (Lipinski definition) is 6. The van der Waals surface area contributed by atoms with Crippen molar-refractivity contribution >= 4 is 11.9 Å². The maximum Gasteiger partial charge on any atom is 0.244 e. The smallest absolute Gasteiger partial charge is 0.244 e. The Hall–Kier alpha value is -3.29. The van der Waals surface area contributed by atoms with E-state index in [1.54, 1.807) is 0 Å². The second-order valence-corrected chi connectivity index (χ2v) is 4.55. The fourth-order valence-electron chi connectivity index (χ4n) is 2.01. The lowest BCUT2D eigenvalue weighted by molar-refractivity contribution is -0.116. The van der Waals surface area contributed by atoms with Crippen LogP contribution in [0.5, 0.6) is 0 Å². The number of nitrogens with zero attached hydrogens (tertiary/aromatic N) is 5. The van der Waals surface area contributed by atoms with Gasteiger partial charge in [-0.3, -0.25) is 4.79 Å². The molecular formula is C14H12N6O2. The Morgan fingerprint density at radius 2 is 1.95 bits per heavy atom. The summed E-state index contributed by atoms with van der Waals surface area (Å²) >= 11 is 0. The van der Waals surface area contributed by atoms with Gasteiger partial charge in [0.05, 0.1) is 11.9 Å². The quantitative estimate of drug-likeness (QED) is 0.638. The molecule has 0 bridgehead atoms. The molecule has 1 amide bonds. The van der Waals surface area contributed by atoms with Crippen LogP contribution in [-0.4, -0.2) is 30.8 Å². The van der Waals surface area contributed by atoms with Gasteiger partial charge < -0.3 is 10.9 Å². The monoisotopic (exact) mass is 296 g/mol. The number of nitrogens with two attached hydrogens (primary N) is 1. The number of nitrogen functional groups attached to an aromatic ring is 1. The number of fused-ring (bicyclic) bond motifs is 1. The van der Waals surface area contributed by atoms with Crippen molar-refractivity contribution in [2.45, 2.75) is 6.92 Å². The van der Waals surface area contributed by atoms with E-state index in [0.29, 0.717) is 5.69 Å². The highest BCUT2D eigenvalue weighted by Crippen LogP contribution is 2.21. The molecule has 3 N–H and O–H groups in total. The van der Waals surface area contributed by atoms with Gasteiger partial charge >= 0.3 is 0 Å². The molecule has 2 heterocycles. The van der Waals surface area contributed by atoms with Gasteiger partial charge in [-0.1, -0.05) is 30.3 Å². The summed E-state index contributed by atoms with van der Waals surface area (Å²) < 4.78 is 0.794. The third-order valence-corrected chi connectivity index (χ3v) is 2.89. The highest BCUT2D eigenvalue weighted by molar-refractivity contribution is 5.74. The van der Waals surface area contributed by atoms with Gasteiger partial charge in [-0.15, -0.1) is 0 Å². The van der Waals surface area contributed by atoms with Gasteiger partial charge in [-0.25, -0.2) is 4.98 Å². The highest BCUT2D eigenvalue weighted by atomic mass is 16.5. The molecule has 0 aromatic heterocycles. The molecule has 0 radical (unpaired) electrons. The van der Waals surface area contributed by atoms with Gasteiger partial charge in [-0.2, -0.15) is 19.7 Å². The standard InChI is InChI=1S/C14H12N6O2/c1-8(21)16-12-11-13(19-14(15)18-12)20(22)7-10(17-11)9-5-3-2-4-6-9/h2-7,22H,1H3,(H2,15,16,18,21). The second kappa shape index (κ2) is 5.24. The van der Waals surface area contributed by atoms with Crippen LogP contribution >= 0.6 is 0 Å². The molecule has 1 aromatic carbocycles. The van der Waals surface area contributed by atoms with Crippen LogP contribution < -0.4 is 11.2 Å². The maximum atomic E-state index is 11.2. The van der Waals surface area contributed by atoms with E-state index in [2.05, 4.69) is 19.9 Å². The molecular weight excluding hydrogens is 284 g/mol. The molecule has 8 heteroatoms. The van der Waals surface area contributed by atoms with E-state index >= 15 is 0 Å². The van der Waals surface area contributed by atoms with E-state index in [1.165, 1.54) is 13.1 Å². The van der Waals surface area contributed by atoms with Crippen LogP contribution in [0.3, 0.4) is 0 Å². The lowest BCUT2D eigenvalue weighted by Gasteiger charge is -2.11. The van der Waals surface area contributed by atoms with Gasteiger partial charge in [0.1, 0.15) is 0 Å². The number of carbonyl (C=O) groups excluding carboxylic acids is 1. The minimum atomic E-state index is -0.448. The van der Waals surface area contributed by atoms with E-state index in [1.807, 2.05) is 30.3 Å². The van der Waals surface area contributed by atoms with Crippen LogP contribution in [0.1, 0.15) is 6.92 Å². The van der Waals surface area contributed by atoms with Gasteiger partial charge in [0.15, 0.2) is 11.2 Å². The number of benzene rings is 1. The van der Waals surface area contributed by atoms with Crippen molar-refractivity contribution in [3.63, 3.8) is 0 Å². The number of carbonyl (C=O) groups is 1. The Morgan fingerprint density at radius 3 is 2.64 bits per heavy atom. The molecule has 0 spiro atoms. The van der Waals surface area contributed by atoms with Gasteiger partial charge in [0, 0.05) is 12.5 Å². The Morgan fingerprint density at radius 1 is 1.23 bits per heavy atom. The van der Waals surface area contributed by atoms with Gasteiger partial charge in [0.25, 0.3) is 0 Å². The van der Waals surface area contributed by atoms with Crippen LogP contribution in [0.4, 0.5) is 5.95 Å². The van der Waals surface area contributed by atoms with Crippen molar-refractivity contribution in [3.05, 3.63) is 42.0 Å². The zero-order valence-electron chi connectivity index (χ0n) is 11.6. The molecule has 2 aliphatic heterocycles. The Labute approximate surface area is 124 Å². The number of amides is 1. The van der Waals surface area contributed by atoms with E-state index in [-0.39, 0.29) is 23.0 Å². The second-order valence-electron chi connectivity index (χ2n) is 4.55. The van der Waals surface area contributed by atoms with E-state index < -0.39 is 5.91 Å². The van der Waals surface area contributed by atoms with Crippen molar-refractivity contribution < 1.29 is 10.0 Å². The van der Waals surface area contributed by atoms with Gasteiger partial charge in [-0.05, 0) is 0 Å². The topological polar surface area (TPSA) is 119 Å². The molecule has 0 atom stereocenters. The van der Waals surface area contributed by atoms with Crippen LogP contribution in [-0.2, 0) is 4.79 Å². The van der Waals surface area contributed by atoms with Crippen molar-refractivity contribution in [2.75, 3.05) is 5.73 Å². The van der Waals surface area contributed by atoms with Crippen molar-refractivity contribution in [3.8, 4) is 22.8 Å². The lowest BCUT2D eigenvalue weighted by atomic mass is 10.1. The molecule has 0 saturated carbocycles. The SMILES string of the molecule is CC(=O)N=c1nc(N)nc2n(O)cc(-c3ccccc3)nc1-2. The first-order valence-corrected chi connectivity index (χ1v) is 6.41. The van der Waals surface area contributed by atoms with Crippen LogP contribution in [0, 0.1) is 0 Å². The largest absolute Gasteiger partial charge is 0.427 e. The average Bonchev–Trinajstić information content (AvgIpc) is 2.48. The Balaban J connectivity index is 2.35. The number of hydrogen-bond donors (Lipinski definition) is 2. The van der Waals surface area contributed by atoms with Crippen molar-refractivity contribution in [1.29, 1.82) is 0 Å². The van der Waals surface area contributed by atoms with Crippen LogP contribution in [0.15, 0.2) is 41.5 Å². The number of anilines is 1. The molecule has 1 aromatic rings. The first-order chi connectivity index (χ1) is 10.5.